The Morgan fingerprint density at radius 3 is 2.30 bits per heavy atom. The summed E-state index contributed by atoms with van der Waals surface area (Å²) in [6, 6.07) is 5.79. The van der Waals surface area contributed by atoms with Crippen LogP contribution in [0.5, 0.6) is 0 Å². The van der Waals surface area contributed by atoms with Crippen molar-refractivity contribution in [2.75, 3.05) is 5.32 Å². The standard InChI is InChI=1S/C15H22N2O5S/c1-3-4-5-14(10-15(19)17-20)23(21,22)13-8-6-12(7-9-13)16-11(2)18/h6-9,14,20H,3-5,10H2,1-2H3,(H,16,18)(H,17,19). The lowest BCUT2D eigenvalue weighted by molar-refractivity contribution is -0.129. The molecule has 0 bridgehead atoms. The van der Waals surface area contributed by atoms with Gasteiger partial charge in [0.05, 0.1) is 10.1 Å². The van der Waals surface area contributed by atoms with Crippen LogP contribution in [0.3, 0.4) is 0 Å². The number of carbonyl (C=O) groups is 2. The van der Waals surface area contributed by atoms with Crippen LogP contribution >= 0.6 is 0 Å². The second-order valence-corrected chi connectivity index (χ2v) is 7.48. The zero-order valence-electron chi connectivity index (χ0n) is 13.2. The van der Waals surface area contributed by atoms with Gasteiger partial charge in [0.15, 0.2) is 9.84 Å². The highest BCUT2D eigenvalue weighted by Gasteiger charge is 2.29. The average molecular weight is 342 g/mol. The third-order valence-corrected chi connectivity index (χ3v) is 5.57. The molecule has 23 heavy (non-hydrogen) atoms. The van der Waals surface area contributed by atoms with Crippen LogP contribution in [0.15, 0.2) is 29.2 Å². The van der Waals surface area contributed by atoms with E-state index < -0.39 is 21.0 Å². The quantitative estimate of drug-likeness (QED) is 0.493. The van der Waals surface area contributed by atoms with E-state index in [1.165, 1.54) is 36.7 Å². The van der Waals surface area contributed by atoms with Gasteiger partial charge in [-0.2, -0.15) is 0 Å². The number of hydrogen-bond donors (Lipinski definition) is 3. The lowest BCUT2D eigenvalue weighted by Gasteiger charge is -2.17. The van der Waals surface area contributed by atoms with Gasteiger partial charge in [-0.05, 0) is 30.7 Å². The second kappa shape index (κ2) is 8.64. The Hall–Kier alpha value is -1.93. The van der Waals surface area contributed by atoms with Crippen molar-refractivity contribution in [1.29, 1.82) is 0 Å². The Labute approximate surface area is 136 Å². The first-order chi connectivity index (χ1) is 10.8. The fourth-order valence-electron chi connectivity index (χ4n) is 2.17. The minimum atomic E-state index is -3.71. The highest BCUT2D eigenvalue weighted by atomic mass is 32.2. The molecule has 1 aromatic rings. The van der Waals surface area contributed by atoms with Gasteiger partial charge in [-0.1, -0.05) is 19.8 Å². The number of amides is 2. The molecule has 0 fully saturated rings. The van der Waals surface area contributed by atoms with Gasteiger partial charge in [0, 0.05) is 19.0 Å². The van der Waals surface area contributed by atoms with E-state index in [0.717, 1.165) is 6.42 Å². The Morgan fingerprint density at radius 2 is 1.83 bits per heavy atom. The lowest BCUT2D eigenvalue weighted by atomic mass is 10.1. The predicted molar refractivity (Wildman–Crippen MR) is 85.8 cm³/mol. The minimum absolute atomic E-state index is 0.0819. The highest BCUT2D eigenvalue weighted by molar-refractivity contribution is 7.92. The van der Waals surface area contributed by atoms with E-state index in [9.17, 15) is 18.0 Å². The van der Waals surface area contributed by atoms with Crippen molar-refractivity contribution < 1.29 is 23.2 Å². The fourth-order valence-corrected chi connectivity index (χ4v) is 3.92. The van der Waals surface area contributed by atoms with Gasteiger partial charge in [-0.25, -0.2) is 13.9 Å². The number of nitrogens with one attached hydrogen (secondary N) is 2. The first-order valence-electron chi connectivity index (χ1n) is 7.35. The molecule has 0 radical (unpaired) electrons. The topological polar surface area (TPSA) is 113 Å². The molecule has 1 aromatic carbocycles. The predicted octanol–water partition coefficient (Wildman–Crippen LogP) is 1.87. The molecular weight excluding hydrogens is 320 g/mol. The summed E-state index contributed by atoms with van der Waals surface area (Å²) in [6.45, 7) is 3.29. The summed E-state index contributed by atoms with van der Waals surface area (Å²) < 4.78 is 25.3. The number of rotatable bonds is 8. The van der Waals surface area contributed by atoms with Gasteiger partial charge in [-0.3, -0.25) is 14.8 Å². The molecule has 128 valence electrons. The molecule has 0 aliphatic rings. The number of unbranched alkanes of at least 4 members (excludes halogenated alkanes) is 1. The van der Waals surface area contributed by atoms with E-state index in [-0.39, 0.29) is 17.2 Å². The summed E-state index contributed by atoms with van der Waals surface area (Å²) in [5.41, 5.74) is 1.97. The summed E-state index contributed by atoms with van der Waals surface area (Å²) >= 11 is 0. The lowest BCUT2D eigenvalue weighted by Crippen LogP contribution is -2.30. The van der Waals surface area contributed by atoms with Crippen LogP contribution in [0.4, 0.5) is 5.69 Å². The van der Waals surface area contributed by atoms with Crippen LogP contribution in [0, 0.1) is 0 Å². The molecule has 0 saturated carbocycles. The Balaban J connectivity index is 3.02. The molecule has 0 aromatic heterocycles. The summed E-state index contributed by atoms with van der Waals surface area (Å²) in [5, 5.41) is 10.3. The molecule has 0 spiro atoms. The number of sulfone groups is 1. The molecule has 1 atom stereocenters. The molecule has 8 heteroatoms. The molecular formula is C15H22N2O5S. The summed E-state index contributed by atoms with van der Waals surface area (Å²) in [4.78, 5) is 22.4. The summed E-state index contributed by atoms with van der Waals surface area (Å²) in [6.07, 6.45) is 1.49. The Bertz CT molecular complexity index is 640. The van der Waals surface area contributed by atoms with E-state index in [4.69, 9.17) is 5.21 Å². The Kier molecular flexibility index (Phi) is 7.18. The second-order valence-electron chi connectivity index (χ2n) is 5.25. The maximum Gasteiger partial charge on any atom is 0.244 e. The SMILES string of the molecule is CCCCC(CC(=O)NO)S(=O)(=O)c1ccc(NC(C)=O)cc1. The molecule has 0 aliphatic heterocycles. The first-order valence-corrected chi connectivity index (χ1v) is 8.90. The first kappa shape index (κ1) is 19.1. The van der Waals surface area contributed by atoms with E-state index >= 15 is 0 Å². The minimum Gasteiger partial charge on any atom is -0.326 e. The molecule has 0 saturated heterocycles. The van der Waals surface area contributed by atoms with Gasteiger partial charge in [0.25, 0.3) is 0 Å². The number of hydrogen-bond acceptors (Lipinski definition) is 5. The molecule has 1 rings (SSSR count). The number of benzene rings is 1. The van der Waals surface area contributed by atoms with E-state index in [2.05, 4.69) is 5.32 Å². The van der Waals surface area contributed by atoms with Gasteiger partial charge in [0.2, 0.25) is 11.8 Å². The molecule has 7 nitrogen and oxygen atoms in total. The zero-order valence-corrected chi connectivity index (χ0v) is 14.0. The van der Waals surface area contributed by atoms with Gasteiger partial charge >= 0.3 is 0 Å². The van der Waals surface area contributed by atoms with E-state index in [0.29, 0.717) is 18.5 Å². The van der Waals surface area contributed by atoms with Crippen LogP contribution in [-0.4, -0.2) is 30.7 Å². The van der Waals surface area contributed by atoms with Crippen LogP contribution in [-0.2, 0) is 19.4 Å². The third-order valence-electron chi connectivity index (χ3n) is 3.36. The van der Waals surface area contributed by atoms with Crippen molar-refractivity contribution in [3.8, 4) is 0 Å². The summed E-state index contributed by atoms with van der Waals surface area (Å²) in [5.74, 6) is -0.981. The molecule has 0 aliphatic carbocycles. The largest absolute Gasteiger partial charge is 0.326 e. The van der Waals surface area contributed by atoms with Crippen LogP contribution in [0.2, 0.25) is 0 Å². The van der Waals surface area contributed by atoms with Gasteiger partial charge in [-0.15, -0.1) is 0 Å². The molecule has 2 amide bonds. The number of carbonyl (C=O) groups excluding carboxylic acids is 2. The maximum absolute atomic E-state index is 12.7. The maximum atomic E-state index is 12.7. The van der Waals surface area contributed by atoms with Crippen LogP contribution in [0.1, 0.15) is 39.5 Å². The fraction of sp³-hybridized carbons (Fsp3) is 0.467. The molecule has 0 heterocycles. The zero-order chi connectivity index (χ0) is 17.5. The van der Waals surface area contributed by atoms with Crippen LogP contribution in [0.25, 0.3) is 0 Å². The molecule has 1 unspecified atom stereocenters. The van der Waals surface area contributed by atoms with Crippen molar-refractivity contribution in [3.63, 3.8) is 0 Å². The van der Waals surface area contributed by atoms with Gasteiger partial charge in [0.1, 0.15) is 0 Å². The summed E-state index contributed by atoms with van der Waals surface area (Å²) in [7, 11) is -3.71. The smallest absolute Gasteiger partial charge is 0.244 e. The Morgan fingerprint density at radius 1 is 1.22 bits per heavy atom. The normalized spacial score (nSPS) is 12.5. The van der Waals surface area contributed by atoms with Crippen molar-refractivity contribution >= 4 is 27.3 Å². The van der Waals surface area contributed by atoms with Crippen molar-refractivity contribution in [2.24, 2.45) is 0 Å². The molecule has 3 N–H and O–H groups in total. The monoisotopic (exact) mass is 342 g/mol. The van der Waals surface area contributed by atoms with Crippen molar-refractivity contribution in [3.05, 3.63) is 24.3 Å². The van der Waals surface area contributed by atoms with E-state index in [1.54, 1.807) is 0 Å². The average Bonchev–Trinajstić information content (AvgIpc) is 2.50. The highest BCUT2D eigenvalue weighted by Crippen LogP contribution is 2.24. The van der Waals surface area contributed by atoms with E-state index in [1.807, 2.05) is 6.92 Å². The van der Waals surface area contributed by atoms with Crippen molar-refractivity contribution in [2.45, 2.75) is 49.7 Å². The number of hydroxylamine groups is 1. The number of anilines is 1. The van der Waals surface area contributed by atoms with Crippen LogP contribution < -0.4 is 10.8 Å². The van der Waals surface area contributed by atoms with Gasteiger partial charge < -0.3 is 5.32 Å². The van der Waals surface area contributed by atoms with Crippen molar-refractivity contribution in [1.82, 2.24) is 5.48 Å². The third kappa shape index (κ3) is 5.65.